The second kappa shape index (κ2) is 7.60. The summed E-state index contributed by atoms with van der Waals surface area (Å²) in [5, 5.41) is 0. The first-order valence-corrected chi connectivity index (χ1v) is 7.78. The maximum absolute atomic E-state index is 12.2. The molecule has 0 aliphatic rings. The van der Waals surface area contributed by atoms with Crippen molar-refractivity contribution in [2.45, 2.75) is 20.8 Å². The number of carbonyl (C=O) groups excluding carboxylic acids is 1. The van der Waals surface area contributed by atoms with Crippen molar-refractivity contribution in [3.05, 3.63) is 71.3 Å². The van der Waals surface area contributed by atoms with Gasteiger partial charge in [0.25, 0.3) is 0 Å². The molecule has 22 heavy (non-hydrogen) atoms. The van der Waals surface area contributed by atoms with Crippen LogP contribution in [0, 0.1) is 6.92 Å². The van der Waals surface area contributed by atoms with Crippen LogP contribution < -0.4 is 4.90 Å². The number of allylic oxidation sites excluding steroid dienone is 1. The van der Waals surface area contributed by atoms with Gasteiger partial charge in [-0.15, -0.1) is 0 Å². The number of benzene rings is 2. The fraction of sp³-hybridized carbons (Fsp3) is 0.250. The Kier molecular flexibility index (Phi) is 5.54. The lowest BCUT2D eigenvalue weighted by atomic mass is 10.1. The molecule has 2 nitrogen and oxygen atoms in total. The smallest absolute Gasteiger partial charge is 0.185 e. The van der Waals surface area contributed by atoms with E-state index in [0.717, 1.165) is 29.9 Å². The lowest BCUT2D eigenvalue weighted by molar-refractivity contribution is 0.104. The summed E-state index contributed by atoms with van der Waals surface area (Å²) in [7, 11) is 0. The molecule has 0 aromatic heterocycles. The number of ketones is 1. The van der Waals surface area contributed by atoms with Gasteiger partial charge in [0.15, 0.2) is 5.78 Å². The molecule has 114 valence electrons. The SMILES string of the molecule is CCN(CC)c1ccc(C(=O)C=Cc2cccc(C)c2)cc1. The van der Waals surface area contributed by atoms with Crippen LogP contribution in [0.5, 0.6) is 0 Å². The van der Waals surface area contributed by atoms with Gasteiger partial charge in [0.2, 0.25) is 0 Å². The molecule has 0 saturated carbocycles. The maximum Gasteiger partial charge on any atom is 0.185 e. The minimum absolute atomic E-state index is 0.0348. The lowest BCUT2D eigenvalue weighted by Gasteiger charge is -2.20. The standard InChI is InChI=1S/C20H23NO/c1-4-21(5-2)19-12-10-18(11-13-19)20(22)14-9-17-8-6-7-16(3)15-17/h6-15H,4-5H2,1-3H3. The number of nitrogens with zero attached hydrogens (tertiary/aromatic N) is 1. The second-order valence-electron chi connectivity index (χ2n) is 5.33. The predicted molar refractivity (Wildman–Crippen MR) is 94.5 cm³/mol. The molecule has 0 N–H and O–H groups in total. The quantitative estimate of drug-likeness (QED) is 0.566. The summed E-state index contributed by atoms with van der Waals surface area (Å²) in [4.78, 5) is 14.5. The molecule has 0 bridgehead atoms. The zero-order valence-electron chi connectivity index (χ0n) is 13.5. The van der Waals surface area contributed by atoms with E-state index in [1.165, 1.54) is 5.56 Å². The Labute approximate surface area is 133 Å². The first-order chi connectivity index (χ1) is 10.6. The molecule has 2 heteroatoms. The summed E-state index contributed by atoms with van der Waals surface area (Å²) in [5.74, 6) is 0.0348. The number of hydrogen-bond acceptors (Lipinski definition) is 2. The minimum Gasteiger partial charge on any atom is -0.372 e. The van der Waals surface area contributed by atoms with Crippen molar-refractivity contribution < 1.29 is 4.79 Å². The Balaban J connectivity index is 2.10. The van der Waals surface area contributed by atoms with Crippen molar-refractivity contribution in [2.24, 2.45) is 0 Å². The van der Waals surface area contributed by atoms with E-state index in [2.05, 4.69) is 24.8 Å². The van der Waals surface area contributed by atoms with Crippen molar-refractivity contribution in [3.8, 4) is 0 Å². The van der Waals surface area contributed by atoms with E-state index in [9.17, 15) is 4.79 Å². The fourth-order valence-electron chi connectivity index (χ4n) is 2.47. The van der Waals surface area contributed by atoms with Crippen LogP contribution in [0.4, 0.5) is 5.69 Å². The molecule has 0 unspecified atom stereocenters. The van der Waals surface area contributed by atoms with Crippen LogP contribution in [-0.2, 0) is 0 Å². The van der Waals surface area contributed by atoms with Crippen LogP contribution in [0.1, 0.15) is 35.3 Å². The van der Waals surface area contributed by atoms with Crippen molar-refractivity contribution in [1.29, 1.82) is 0 Å². The predicted octanol–water partition coefficient (Wildman–Crippen LogP) is 4.74. The Hall–Kier alpha value is -2.35. The second-order valence-corrected chi connectivity index (χ2v) is 5.33. The van der Waals surface area contributed by atoms with Gasteiger partial charge in [0, 0.05) is 24.3 Å². The zero-order valence-corrected chi connectivity index (χ0v) is 13.5. The summed E-state index contributed by atoms with van der Waals surface area (Å²) in [5.41, 5.74) is 4.12. The number of anilines is 1. The van der Waals surface area contributed by atoms with Gasteiger partial charge in [-0.05, 0) is 56.7 Å². The highest BCUT2D eigenvalue weighted by atomic mass is 16.1. The zero-order chi connectivity index (χ0) is 15.9. The van der Waals surface area contributed by atoms with Crippen LogP contribution in [0.15, 0.2) is 54.6 Å². The van der Waals surface area contributed by atoms with E-state index in [1.54, 1.807) is 6.08 Å². The summed E-state index contributed by atoms with van der Waals surface area (Å²) in [6.07, 6.45) is 3.51. The third kappa shape index (κ3) is 4.08. The van der Waals surface area contributed by atoms with Crippen molar-refractivity contribution in [1.82, 2.24) is 0 Å². The van der Waals surface area contributed by atoms with E-state index in [-0.39, 0.29) is 5.78 Å². The number of rotatable bonds is 6. The molecule has 0 radical (unpaired) electrons. The highest BCUT2D eigenvalue weighted by Crippen LogP contribution is 2.16. The number of carbonyl (C=O) groups is 1. The molecule has 0 aliphatic heterocycles. The summed E-state index contributed by atoms with van der Waals surface area (Å²) in [6, 6.07) is 15.9. The molecule has 2 aromatic rings. The highest BCUT2D eigenvalue weighted by molar-refractivity contribution is 6.06. The summed E-state index contributed by atoms with van der Waals surface area (Å²) < 4.78 is 0. The van der Waals surface area contributed by atoms with Crippen LogP contribution in [0.25, 0.3) is 6.08 Å². The van der Waals surface area contributed by atoms with Gasteiger partial charge < -0.3 is 4.90 Å². The molecule has 0 heterocycles. The first kappa shape index (κ1) is 16.0. The number of hydrogen-bond donors (Lipinski definition) is 0. The van der Waals surface area contributed by atoms with Gasteiger partial charge in [-0.25, -0.2) is 0 Å². The van der Waals surface area contributed by atoms with Crippen molar-refractivity contribution in [2.75, 3.05) is 18.0 Å². The Bertz CT molecular complexity index is 652. The van der Waals surface area contributed by atoms with Gasteiger partial charge in [0.1, 0.15) is 0 Å². The Morgan fingerprint density at radius 2 is 1.73 bits per heavy atom. The molecular weight excluding hydrogens is 270 g/mol. The van der Waals surface area contributed by atoms with E-state index in [1.807, 2.05) is 55.5 Å². The van der Waals surface area contributed by atoms with Crippen molar-refractivity contribution >= 4 is 17.5 Å². The van der Waals surface area contributed by atoms with Crippen LogP contribution >= 0.6 is 0 Å². The maximum atomic E-state index is 12.2. The fourth-order valence-corrected chi connectivity index (χ4v) is 2.47. The van der Waals surface area contributed by atoms with Gasteiger partial charge in [-0.2, -0.15) is 0 Å². The molecule has 0 atom stereocenters. The van der Waals surface area contributed by atoms with Gasteiger partial charge in [0.05, 0.1) is 0 Å². The molecule has 0 fully saturated rings. The molecule has 0 aliphatic carbocycles. The minimum atomic E-state index is 0.0348. The monoisotopic (exact) mass is 293 g/mol. The highest BCUT2D eigenvalue weighted by Gasteiger charge is 2.04. The van der Waals surface area contributed by atoms with E-state index in [4.69, 9.17) is 0 Å². The van der Waals surface area contributed by atoms with Gasteiger partial charge in [-0.3, -0.25) is 4.79 Å². The average molecular weight is 293 g/mol. The van der Waals surface area contributed by atoms with Crippen LogP contribution in [0.3, 0.4) is 0 Å². The first-order valence-electron chi connectivity index (χ1n) is 7.78. The molecule has 2 rings (SSSR count). The molecule has 0 saturated heterocycles. The Morgan fingerprint density at radius 3 is 2.32 bits per heavy atom. The molecule has 2 aromatic carbocycles. The summed E-state index contributed by atoms with van der Waals surface area (Å²) in [6.45, 7) is 8.25. The Morgan fingerprint density at radius 1 is 1.05 bits per heavy atom. The number of aryl methyl sites for hydroxylation is 1. The van der Waals surface area contributed by atoms with E-state index in [0.29, 0.717) is 0 Å². The third-order valence-electron chi connectivity index (χ3n) is 3.75. The topological polar surface area (TPSA) is 20.3 Å². The average Bonchev–Trinajstić information content (AvgIpc) is 2.54. The third-order valence-corrected chi connectivity index (χ3v) is 3.75. The van der Waals surface area contributed by atoms with Crippen molar-refractivity contribution in [3.63, 3.8) is 0 Å². The van der Waals surface area contributed by atoms with Crippen LogP contribution in [-0.4, -0.2) is 18.9 Å². The molecule has 0 spiro atoms. The summed E-state index contributed by atoms with van der Waals surface area (Å²) >= 11 is 0. The molecular formula is C20H23NO. The largest absolute Gasteiger partial charge is 0.372 e. The van der Waals surface area contributed by atoms with Gasteiger partial charge >= 0.3 is 0 Å². The molecule has 0 amide bonds. The lowest BCUT2D eigenvalue weighted by Crippen LogP contribution is -2.21. The normalized spacial score (nSPS) is 10.9. The van der Waals surface area contributed by atoms with Gasteiger partial charge in [-0.1, -0.05) is 35.9 Å². The van der Waals surface area contributed by atoms with E-state index >= 15 is 0 Å². The van der Waals surface area contributed by atoms with Crippen LogP contribution in [0.2, 0.25) is 0 Å². The van der Waals surface area contributed by atoms with E-state index < -0.39 is 0 Å².